The molecule has 0 saturated carbocycles. The fourth-order valence-corrected chi connectivity index (χ4v) is 2.72. The number of methoxy groups -OCH3 is 1. The number of unbranched alkanes of at least 4 members (excludes halogenated alkanes) is 1. The number of carbonyl (C=O) groups is 1. The van der Waals surface area contributed by atoms with Crippen molar-refractivity contribution in [1.82, 2.24) is 10.0 Å². The first-order valence-electron chi connectivity index (χ1n) is 7.23. The quantitative estimate of drug-likeness (QED) is 0.674. The highest BCUT2D eigenvalue weighted by atomic mass is 32.2. The predicted octanol–water partition coefficient (Wildman–Crippen LogP) is 1.59. The van der Waals surface area contributed by atoms with Crippen molar-refractivity contribution in [2.45, 2.75) is 32.2 Å². The number of hydrogen-bond acceptors (Lipinski definition) is 4. The van der Waals surface area contributed by atoms with Gasteiger partial charge in [-0.2, -0.15) is 0 Å². The number of rotatable bonds is 9. The van der Waals surface area contributed by atoms with Crippen LogP contribution in [-0.2, 0) is 14.8 Å². The van der Waals surface area contributed by atoms with Crippen LogP contribution in [0.5, 0.6) is 5.75 Å². The number of sulfonamides is 1. The van der Waals surface area contributed by atoms with Gasteiger partial charge in [0.1, 0.15) is 5.75 Å². The fourth-order valence-electron chi connectivity index (χ4n) is 1.98. The van der Waals surface area contributed by atoms with Crippen molar-refractivity contribution in [3.63, 3.8) is 0 Å². The summed E-state index contributed by atoms with van der Waals surface area (Å²) < 4.78 is 30.6. The standard InChI is InChI=1S/C15H24N2O4S/c1-4-5-10-16-15(18)11-14(17-22(3,19)20)12-6-8-13(21-2)9-7-12/h6-9,14,17H,4-5,10-11H2,1-3H3,(H,16,18). The molecule has 1 amide bonds. The molecule has 1 unspecified atom stereocenters. The van der Waals surface area contributed by atoms with Crippen LogP contribution in [-0.4, -0.2) is 34.2 Å². The van der Waals surface area contributed by atoms with Crippen molar-refractivity contribution in [3.05, 3.63) is 29.8 Å². The first-order valence-corrected chi connectivity index (χ1v) is 9.12. The van der Waals surface area contributed by atoms with Gasteiger partial charge < -0.3 is 10.1 Å². The van der Waals surface area contributed by atoms with Crippen LogP contribution in [0.3, 0.4) is 0 Å². The van der Waals surface area contributed by atoms with E-state index in [1.807, 2.05) is 6.92 Å². The minimum atomic E-state index is -3.42. The summed E-state index contributed by atoms with van der Waals surface area (Å²) in [7, 11) is -1.86. The molecule has 0 bridgehead atoms. The Kier molecular flexibility index (Phi) is 7.34. The van der Waals surface area contributed by atoms with E-state index in [1.165, 1.54) is 0 Å². The average Bonchev–Trinajstić information content (AvgIpc) is 2.45. The summed E-state index contributed by atoms with van der Waals surface area (Å²) in [4.78, 5) is 11.9. The van der Waals surface area contributed by atoms with Gasteiger partial charge in [-0.15, -0.1) is 0 Å². The lowest BCUT2D eigenvalue weighted by Crippen LogP contribution is -2.33. The zero-order valence-electron chi connectivity index (χ0n) is 13.3. The van der Waals surface area contributed by atoms with E-state index in [9.17, 15) is 13.2 Å². The molecule has 124 valence electrons. The van der Waals surface area contributed by atoms with Gasteiger partial charge in [-0.3, -0.25) is 4.79 Å². The van der Waals surface area contributed by atoms with Gasteiger partial charge in [0.15, 0.2) is 0 Å². The van der Waals surface area contributed by atoms with Gasteiger partial charge in [-0.1, -0.05) is 25.5 Å². The van der Waals surface area contributed by atoms with Crippen LogP contribution >= 0.6 is 0 Å². The molecular formula is C15H24N2O4S. The van der Waals surface area contributed by atoms with E-state index in [4.69, 9.17) is 4.74 Å². The summed E-state index contributed by atoms with van der Waals surface area (Å²) in [5.74, 6) is 0.500. The first-order chi connectivity index (χ1) is 10.4. The molecule has 1 aromatic rings. The van der Waals surface area contributed by atoms with Crippen LogP contribution in [0.1, 0.15) is 37.8 Å². The Morgan fingerprint density at radius 1 is 1.27 bits per heavy atom. The first kappa shape index (κ1) is 18.4. The third-order valence-corrected chi connectivity index (χ3v) is 3.83. The normalized spacial score (nSPS) is 12.7. The Morgan fingerprint density at radius 3 is 2.41 bits per heavy atom. The van der Waals surface area contributed by atoms with Crippen LogP contribution in [0.25, 0.3) is 0 Å². The summed E-state index contributed by atoms with van der Waals surface area (Å²) in [6.45, 7) is 2.64. The van der Waals surface area contributed by atoms with Crippen LogP contribution in [0, 0.1) is 0 Å². The largest absolute Gasteiger partial charge is 0.497 e. The second kappa shape index (κ2) is 8.75. The highest BCUT2D eigenvalue weighted by Crippen LogP contribution is 2.21. The van der Waals surface area contributed by atoms with Crippen LogP contribution < -0.4 is 14.8 Å². The Labute approximate surface area is 132 Å². The van der Waals surface area contributed by atoms with E-state index in [2.05, 4.69) is 10.0 Å². The molecule has 0 spiro atoms. The Balaban J connectivity index is 2.81. The second-order valence-electron chi connectivity index (χ2n) is 5.12. The fraction of sp³-hybridized carbons (Fsp3) is 0.533. The van der Waals surface area contributed by atoms with Crippen LogP contribution in [0.2, 0.25) is 0 Å². The van der Waals surface area contributed by atoms with Crippen molar-refractivity contribution in [3.8, 4) is 5.75 Å². The summed E-state index contributed by atoms with van der Waals surface area (Å²) in [6.07, 6.45) is 3.03. The average molecular weight is 328 g/mol. The third-order valence-electron chi connectivity index (χ3n) is 3.12. The van der Waals surface area contributed by atoms with E-state index < -0.39 is 16.1 Å². The minimum absolute atomic E-state index is 0.0586. The van der Waals surface area contributed by atoms with Gasteiger partial charge in [0.25, 0.3) is 0 Å². The molecule has 7 heteroatoms. The van der Waals surface area contributed by atoms with Crippen molar-refractivity contribution >= 4 is 15.9 Å². The minimum Gasteiger partial charge on any atom is -0.497 e. The summed E-state index contributed by atoms with van der Waals surface area (Å²) in [5, 5.41) is 2.79. The molecule has 0 saturated heterocycles. The predicted molar refractivity (Wildman–Crippen MR) is 86.2 cm³/mol. The lowest BCUT2D eigenvalue weighted by atomic mass is 10.0. The number of carbonyl (C=O) groups excluding carboxylic acids is 1. The molecule has 0 radical (unpaired) electrons. The molecule has 0 aliphatic heterocycles. The Morgan fingerprint density at radius 2 is 1.91 bits per heavy atom. The monoisotopic (exact) mass is 328 g/mol. The van der Waals surface area contributed by atoms with Crippen LogP contribution in [0.4, 0.5) is 0 Å². The van der Waals surface area contributed by atoms with Gasteiger partial charge in [-0.25, -0.2) is 13.1 Å². The topological polar surface area (TPSA) is 84.5 Å². The van der Waals surface area contributed by atoms with Gasteiger partial charge in [-0.05, 0) is 24.1 Å². The lowest BCUT2D eigenvalue weighted by Gasteiger charge is -2.18. The smallest absolute Gasteiger partial charge is 0.221 e. The van der Waals surface area contributed by atoms with Crippen molar-refractivity contribution in [2.75, 3.05) is 19.9 Å². The lowest BCUT2D eigenvalue weighted by molar-refractivity contribution is -0.121. The summed E-state index contributed by atoms with van der Waals surface area (Å²) >= 11 is 0. The highest BCUT2D eigenvalue weighted by molar-refractivity contribution is 7.88. The maximum absolute atomic E-state index is 11.9. The van der Waals surface area contributed by atoms with E-state index in [0.717, 1.165) is 24.7 Å². The number of amides is 1. The number of ether oxygens (including phenoxy) is 1. The molecule has 1 atom stereocenters. The second-order valence-corrected chi connectivity index (χ2v) is 6.90. The van der Waals surface area contributed by atoms with E-state index in [0.29, 0.717) is 12.3 Å². The molecule has 0 fully saturated rings. The molecule has 6 nitrogen and oxygen atoms in total. The molecule has 0 heterocycles. The molecule has 2 N–H and O–H groups in total. The van der Waals surface area contributed by atoms with Crippen molar-refractivity contribution < 1.29 is 17.9 Å². The highest BCUT2D eigenvalue weighted by Gasteiger charge is 2.19. The van der Waals surface area contributed by atoms with Crippen molar-refractivity contribution in [1.29, 1.82) is 0 Å². The van der Waals surface area contributed by atoms with Crippen LogP contribution in [0.15, 0.2) is 24.3 Å². The van der Waals surface area contributed by atoms with Gasteiger partial charge in [0.2, 0.25) is 15.9 Å². The number of nitrogens with one attached hydrogen (secondary N) is 2. The third kappa shape index (κ3) is 6.91. The number of hydrogen-bond donors (Lipinski definition) is 2. The summed E-state index contributed by atoms with van der Waals surface area (Å²) in [5.41, 5.74) is 0.719. The van der Waals surface area contributed by atoms with E-state index in [-0.39, 0.29) is 12.3 Å². The summed E-state index contributed by atoms with van der Waals surface area (Å²) in [6, 6.07) is 6.38. The molecule has 0 aliphatic rings. The molecule has 0 aliphatic carbocycles. The zero-order valence-corrected chi connectivity index (χ0v) is 14.1. The number of benzene rings is 1. The zero-order chi connectivity index (χ0) is 16.6. The molecule has 22 heavy (non-hydrogen) atoms. The van der Waals surface area contributed by atoms with E-state index >= 15 is 0 Å². The van der Waals surface area contributed by atoms with Crippen molar-refractivity contribution in [2.24, 2.45) is 0 Å². The molecule has 1 aromatic carbocycles. The van der Waals surface area contributed by atoms with Gasteiger partial charge in [0.05, 0.1) is 19.4 Å². The van der Waals surface area contributed by atoms with E-state index in [1.54, 1.807) is 31.4 Å². The van der Waals surface area contributed by atoms with Gasteiger partial charge >= 0.3 is 0 Å². The molecule has 1 rings (SSSR count). The molecule has 0 aromatic heterocycles. The molecular weight excluding hydrogens is 304 g/mol. The Bertz CT molecular complexity index is 570. The maximum atomic E-state index is 11.9. The maximum Gasteiger partial charge on any atom is 0.221 e. The Hall–Kier alpha value is -1.60. The SMILES string of the molecule is CCCCNC(=O)CC(NS(C)(=O)=O)c1ccc(OC)cc1. The van der Waals surface area contributed by atoms with Gasteiger partial charge in [0, 0.05) is 13.0 Å².